The van der Waals surface area contributed by atoms with Crippen LogP contribution in [0.5, 0.6) is 0 Å². The van der Waals surface area contributed by atoms with E-state index in [1.54, 1.807) is 12.1 Å². The summed E-state index contributed by atoms with van der Waals surface area (Å²) in [6.07, 6.45) is 8.96. The lowest BCUT2D eigenvalue weighted by Crippen LogP contribution is -2.31. The molecule has 0 unspecified atom stereocenters. The highest BCUT2D eigenvalue weighted by molar-refractivity contribution is 5.89. The lowest BCUT2D eigenvalue weighted by molar-refractivity contribution is -0.167. The molecule has 3 nitrogen and oxygen atoms in total. The molecule has 1 saturated heterocycles. The molecule has 0 aromatic heterocycles. The molecule has 0 spiro atoms. The van der Waals surface area contributed by atoms with Crippen LogP contribution in [0.2, 0.25) is 0 Å². The van der Waals surface area contributed by atoms with Crippen molar-refractivity contribution < 1.29 is 14.3 Å². The van der Waals surface area contributed by atoms with Crippen LogP contribution in [0.1, 0.15) is 68.6 Å². The average Bonchev–Trinajstić information content (AvgIpc) is 2.53. The molecular weight excluding hydrogens is 264 g/mol. The van der Waals surface area contributed by atoms with Gasteiger partial charge in [0.1, 0.15) is 0 Å². The van der Waals surface area contributed by atoms with Crippen molar-refractivity contribution in [2.75, 3.05) is 0 Å². The fourth-order valence-electron chi connectivity index (χ4n) is 2.72. The summed E-state index contributed by atoms with van der Waals surface area (Å²) in [5.41, 5.74) is 0.589. The van der Waals surface area contributed by atoms with Crippen LogP contribution >= 0.6 is 0 Å². The normalized spacial score (nSPS) is 22.0. The van der Waals surface area contributed by atoms with E-state index < -0.39 is 0 Å². The molecule has 1 aliphatic heterocycles. The monoisotopic (exact) mass is 290 g/mol. The van der Waals surface area contributed by atoms with E-state index in [9.17, 15) is 4.79 Å². The summed E-state index contributed by atoms with van der Waals surface area (Å²) in [7, 11) is 0. The molecule has 1 fully saturated rings. The number of unbranched alkanes of at least 4 members (excludes halogenated alkanes) is 3. The Kier molecular flexibility index (Phi) is 6.74. The summed E-state index contributed by atoms with van der Waals surface area (Å²) in [6.45, 7) is 2.22. The van der Waals surface area contributed by atoms with Crippen molar-refractivity contribution >= 4 is 5.97 Å². The molecule has 0 radical (unpaired) electrons. The molecule has 1 aromatic rings. The minimum Gasteiger partial charge on any atom is -0.432 e. The smallest absolute Gasteiger partial charge is 0.340 e. The zero-order chi connectivity index (χ0) is 14.9. The molecule has 0 bridgehead atoms. The molecule has 0 amide bonds. The Hall–Kier alpha value is -1.35. The van der Waals surface area contributed by atoms with E-state index >= 15 is 0 Å². The summed E-state index contributed by atoms with van der Waals surface area (Å²) in [4.78, 5) is 12.0. The standard InChI is InChI=1S/C18H26O3/c1-2-3-4-8-12-16-13-9-14-17(20-16)21-18(19)15-10-6-5-7-11-15/h5-7,10-11,16-17H,2-4,8-9,12-14H2,1H3/t16-,17+/m1/s1. The third kappa shape index (κ3) is 5.50. The summed E-state index contributed by atoms with van der Waals surface area (Å²) < 4.78 is 11.4. The minimum absolute atomic E-state index is 0.254. The third-order valence-electron chi connectivity index (χ3n) is 3.94. The van der Waals surface area contributed by atoms with E-state index in [4.69, 9.17) is 9.47 Å². The third-order valence-corrected chi connectivity index (χ3v) is 3.94. The van der Waals surface area contributed by atoms with Gasteiger partial charge in [0.15, 0.2) is 0 Å². The fourth-order valence-corrected chi connectivity index (χ4v) is 2.72. The first kappa shape index (κ1) is 16.0. The van der Waals surface area contributed by atoms with Gasteiger partial charge in [-0.05, 0) is 31.4 Å². The fraction of sp³-hybridized carbons (Fsp3) is 0.611. The predicted octanol–water partition coefficient (Wildman–Crippen LogP) is 4.71. The van der Waals surface area contributed by atoms with Gasteiger partial charge in [-0.1, -0.05) is 50.8 Å². The zero-order valence-corrected chi connectivity index (χ0v) is 12.9. The summed E-state index contributed by atoms with van der Waals surface area (Å²) >= 11 is 0. The molecule has 0 N–H and O–H groups in total. The van der Waals surface area contributed by atoms with Crippen LogP contribution in [0.25, 0.3) is 0 Å². The molecule has 116 valence electrons. The minimum atomic E-state index is -0.373. The van der Waals surface area contributed by atoms with Crippen LogP contribution in [-0.4, -0.2) is 18.4 Å². The molecule has 2 rings (SSSR count). The second-order valence-corrected chi connectivity index (χ2v) is 5.74. The van der Waals surface area contributed by atoms with Crippen molar-refractivity contribution in [1.82, 2.24) is 0 Å². The van der Waals surface area contributed by atoms with Crippen molar-refractivity contribution in [3.05, 3.63) is 35.9 Å². The van der Waals surface area contributed by atoms with Gasteiger partial charge in [-0.25, -0.2) is 4.79 Å². The van der Waals surface area contributed by atoms with E-state index in [-0.39, 0.29) is 18.4 Å². The van der Waals surface area contributed by atoms with E-state index in [1.165, 1.54) is 25.7 Å². The number of ether oxygens (including phenoxy) is 2. The first-order valence-electron chi connectivity index (χ1n) is 8.21. The number of hydrogen-bond acceptors (Lipinski definition) is 3. The maximum Gasteiger partial charge on any atom is 0.340 e. The van der Waals surface area contributed by atoms with Crippen molar-refractivity contribution in [1.29, 1.82) is 0 Å². The number of esters is 1. The predicted molar refractivity (Wildman–Crippen MR) is 83.1 cm³/mol. The van der Waals surface area contributed by atoms with Crippen LogP contribution in [0.4, 0.5) is 0 Å². The first-order valence-corrected chi connectivity index (χ1v) is 8.21. The summed E-state index contributed by atoms with van der Waals surface area (Å²) in [5.74, 6) is -0.285. The van der Waals surface area contributed by atoms with Gasteiger partial charge >= 0.3 is 5.97 Å². The molecule has 2 atom stereocenters. The maximum absolute atomic E-state index is 12.0. The highest BCUT2D eigenvalue weighted by Gasteiger charge is 2.25. The highest BCUT2D eigenvalue weighted by atomic mass is 16.7. The second kappa shape index (κ2) is 8.83. The second-order valence-electron chi connectivity index (χ2n) is 5.74. The van der Waals surface area contributed by atoms with Gasteiger partial charge in [0.25, 0.3) is 0 Å². The van der Waals surface area contributed by atoms with Gasteiger partial charge < -0.3 is 9.47 Å². The topological polar surface area (TPSA) is 35.5 Å². The Morgan fingerprint density at radius 1 is 1.19 bits per heavy atom. The Morgan fingerprint density at radius 2 is 2.00 bits per heavy atom. The van der Waals surface area contributed by atoms with Crippen LogP contribution in [0.15, 0.2) is 30.3 Å². The molecule has 1 aromatic carbocycles. The SMILES string of the molecule is CCCCCC[C@@H]1CCC[C@H](OC(=O)c2ccccc2)O1. The molecule has 0 saturated carbocycles. The van der Waals surface area contributed by atoms with Gasteiger partial charge in [0.05, 0.1) is 11.7 Å². The van der Waals surface area contributed by atoms with Gasteiger partial charge in [-0.3, -0.25) is 0 Å². The average molecular weight is 290 g/mol. The number of carbonyl (C=O) groups excluding carboxylic acids is 1. The van der Waals surface area contributed by atoms with Crippen molar-refractivity contribution in [2.24, 2.45) is 0 Å². The Morgan fingerprint density at radius 3 is 2.76 bits per heavy atom. The van der Waals surface area contributed by atoms with Crippen molar-refractivity contribution in [3.63, 3.8) is 0 Å². The van der Waals surface area contributed by atoms with Gasteiger partial charge in [0, 0.05) is 6.42 Å². The number of carbonyl (C=O) groups is 1. The highest BCUT2D eigenvalue weighted by Crippen LogP contribution is 2.24. The summed E-state index contributed by atoms with van der Waals surface area (Å²) in [5, 5.41) is 0. The zero-order valence-electron chi connectivity index (χ0n) is 12.9. The summed E-state index contributed by atoms with van der Waals surface area (Å²) in [6, 6.07) is 9.12. The van der Waals surface area contributed by atoms with E-state index in [2.05, 4.69) is 6.92 Å². The number of rotatable bonds is 7. The molecular formula is C18H26O3. The van der Waals surface area contributed by atoms with Crippen LogP contribution in [-0.2, 0) is 9.47 Å². The number of benzene rings is 1. The van der Waals surface area contributed by atoms with Crippen molar-refractivity contribution in [2.45, 2.75) is 70.7 Å². The molecule has 1 aliphatic rings. The van der Waals surface area contributed by atoms with Gasteiger partial charge in [0.2, 0.25) is 6.29 Å². The molecule has 3 heteroatoms. The Labute approximate surface area is 127 Å². The van der Waals surface area contributed by atoms with Crippen molar-refractivity contribution in [3.8, 4) is 0 Å². The first-order chi connectivity index (χ1) is 10.3. The maximum atomic E-state index is 12.0. The molecule has 21 heavy (non-hydrogen) atoms. The number of hydrogen-bond donors (Lipinski definition) is 0. The van der Waals surface area contributed by atoms with E-state index in [0.717, 1.165) is 25.7 Å². The van der Waals surface area contributed by atoms with Crippen LogP contribution < -0.4 is 0 Å². The van der Waals surface area contributed by atoms with E-state index in [1.807, 2.05) is 18.2 Å². The van der Waals surface area contributed by atoms with Gasteiger partial charge in [-0.2, -0.15) is 0 Å². The largest absolute Gasteiger partial charge is 0.432 e. The molecule has 0 aliphatic carbocycles. The lowest BCUT2D eigenvalue weighted by Gasteiger charge is -2.29. The van der Waals surface area contributed by atoms with Crippen LogP contribution in [0.3, 0.4) is 0 Å². The Balaban J connectivity index is 1.74. The van der Waals surface area contributed by atoms with Crippen LogP contribution in [0, 0.1) is 0 Å². The quantitative estimate of drug-likeness (QED) is 0.539. The lowest BCUT2D eigenvalue weighted by atomic mass is 10.0. The van der Waals surface area contributed by atoms with Gasteiger partial charge in [-0.15, -0.1) is 0 Å². The molecule has 1 heterocycles. The van der Waals surface area contributed by atoms with E-state index in [0.29, 0.717) is 5.56 Å². The Bertz CT molecular complexity index is 416.